The quantitative estimate of drug-likeness (QED) is 0.250. The van der Waals surface area contributed by atoms with Crippen molar-refractivity contribution in [2.24, 2.45) is 0 Å². The van der Waals surface area contributed by atoms with Gasteiger partial charge in [0.2, 0.25) is 0 Å². The number of rotatable bonds is 2. The van der Waals surface area contributed by atoms with Crippen molar-refractivity contribution >= 4 is 27.9 Å². The minimum absolute atomic E-state index is 0. The number of carboxylic acid groups (broad SMARTS) is 1. The molecule has 1 aliphatic rings. The third-order valence-corrected chi connectivity index (χ3v) is 3.88. The van der Waals surface area contributed by atoms with E-state index >= 15 is 0 Å². The Morgan fingerprint density at radius 1 is 1.00 bits per heavy atom. The van der Waals surface area contributed by atoms with E-state index in [2.05, 4.69) is 13.4 Å². The zero-order valence-electron chi connectivity index (χ0n) is 11.6. The molecule has 1 fully saturated rings. The average Bonchev–Trinajstić information content (AvgIpc) is 2.17. The van der Waals surface area contributed by atoms with Crippen LogP contribution >= 0.6 is 15.6 Å². The second kappa shape index (κ2) is 14.5. The monoisotopic (exact) mass is 381 g/mol. The second-order valence-electron chi connectivity index (χ2n) is 2.46. The van der Waals surface area contributed by atoms with Gasteiger partial charge in [0.05, 0.1) is 5.97 Å². The van der Waals surface area contributed by atoms with Crippen LogP contribution in [0, 0.1) is 0 Å². The molecule has 0 radical (unpaired) electrons. The van der Waals surface area contributed by atoms with Gasteiger partial charge in [-0.25, -0.2) is 10.6 Å². The molecule has 1 N–H and O–H groups in total. The Morgan fingerprint density at radius 3 is 1.71 bits per heavy atom. The van der Waals surface area contributed by atoms with Gasteiger partial charge in [-0.05, 0) is 0 Å². The summed E-state index contributed by atoms with van der Waals surface area (Å²) in [6, 6.07) is 0. The van der Waals surface area contributed by atoms with Crippen LogP contribution in [0.2, 0.25) is 0 Å². The summed E-state index contributed by atoms with van der Waals surface area (Å²) in [5.41, 5.74) is 0. The van der Waals surface area contributed by atoms with Crippen molar-refractivity contribution in [2.75, 3.05) is 0 Å². The number of carbonyl (C=O) groups excluding carboxylic acids is 2. The summed E-state index contributed by atoms with van der Waals surface area (Å²) >= 11 is 0. The molecule has 100 valence electrons. The Kier molecular flexibility index (Phi) is 24.5. The molecule has 0 spiro atoms. The second-order valence-corrected chi connectivity index (χ2v) is 5.33. The molecule has 0 saturated carbocycles. The Balaban J connectivity index is -0.000000171. The Labute approximate surface area is 207 Å². The summed E-state index contributed by atoms with van der Waals surface area (Å²) in [5.74, 6) is -2.17. The molecule has 0 aliphatic carbocycles. The molecule has 0 amide bonds. The third kappa shape index (κ3) is 12.4. The van der Waals surface area contributed by atoms with Crippen molar-refractivity contribution in [2.45, 2.75) is 12.2 Å². The van der Waals surface area contributed by atoms with Crippen LogP contribution in [0.3, 0.4) is 0 Å². The first kappa shape index (κ1) is 35.5. The molecule has 0 aromatic heterocycles. The SMILES string of the molecule is O=[C-][C@@H]1OP(=O)([O-])OP(=O)([O-])O[C@H]1C(=O)[O-].[Na+].[Na+].[Na+].[Na+].[OH-]. The van der Waals surface area contributed by atoms with E-state index < -0.39 is 33.8 Å². The molecule has 17 heteroatoms. The molecule has 1 rings (SSSR count). The minimum Gasteiger partial charge on any atom is -0.870 e. The van der Waals surface area contributed by atoms with Crippen LogP contribution in [0.15, 0.2) is 0 Å². The van der Waals surface area contributed by atoms with Crippen molar-refractivity contribution in [1.29, 1.82) is 0 Å². The Bertz CT molecular complexity index is 417. The van der Waals surface area contributed by atoms with Crippen LogP contribution in [0.1, 0.15) is 0 Å². The smallest absolute Gasteiger partial charge is 0.870 e. The molecule has 21 heavy (non-hydrogen) atoms. The standard InChI is InChI=1S/C4H5O10P2.4Na.H2O/c5-1-2-3(4(6)7)13-16(10,11)14-15(8,9)12-2;;;;;/h2-3H,(H,6,7)(H,8,9)(H,10,11);;;;;1H2/q-1;4*+1;/p-4/t2-,3+;;;;;/m0...../s1. The van der Waals surface area contributed by atoms with Crippen molar-refractivity contribution in [3.8, 4) is 0 Å². The van der Waals surface area contributed by atoms with Gasteiger partial charge in [0.25, 0.3) is 15.6 Å². The summed E-state index contributed by atoms with van der Waals surface area (Å²) < 4.78 is 32.5. The van der Waals surface area contributed by atoms with E-state index in [9.17, 15) is 33.6 Å². The van der Waals surface area contributed by atoms with Gasteiger partial charge in [-0.3, -0.25) is 9.13 Å². The van der Waals surface area contributed by atoms with Gasteiger partial charge < -0.3 is 39.0 Å². The average molecular weight is 381 g/mol. The van der Waals surface area contributed by atoms with Gasteiger partial charge in [0.15, 0.2) is 0 Å². The minimum atomic E-state index is -5.46. The molecule has 1 saturated heterocycles. The molecule has 0 bridgehead atoms. The molecule has 11 nitrogen and oxygen atoms in total. The van der Waals surface area contributed by atoms with Crippen molar-refractivity contribution in [3.05, 3.63) is 0 Å². The van der Waals surface area contributed by atoms with Crippen molar-refractivity contribution in [3.63, 3.8) is 0 Å². The van der Waals surface area contributed by atoms with Crippen LogP contribution in [-0.2, 0) is 32.1 Å². The third-order valence-electron chi connectivity index (χ3n) is 1.31. The number of phosphoric acid groups is 2. The van der Waals surface area contributed by atoms with Crippen LogP contribution in [-0.4, -0.2) is 29.9 Å². The van der Waals surface area contributed by atoms with E-state index in [1.807, 2.05) is 0 Å². The predicted molar refractivity (Wildman–Crippen MR) is 38.7 cm³/mol. The van der Waals surface area contributed by atoms with Crippen LogP contribution < -0.4 is 133 Å². The molecule has 1 aliphatic heterocycles. The van der Waals surface area contributed by atoms with E-state index in [4.69, 9.17) is 0 Å². The zero-order valence-corrected chi connectivity index (χ0v) is 21.4. The van der Waals surface area contributed by atoms with Gasteiger partial charge >= 0.3 is 118 Å². The maximum Gasteiger partial charge on any atom is 1.00 e. The van der Waals surface area contributed by atoms with Crippen LogP contribution in [0.25, 0.3) is 0 Å². The molecular weight excluding hydrogens is 378 g/mol. The molecule has 0 aromatic rings. The first-order chi connectivity index (χ1) is 7.17. The number of hydrogen-bond donors (Lipinski definition) is 0. The first-order valence-corrected chi connectivity index (χ1v) is 6.38. The van der Waals surface area contributed by atoms with E-state index in [0.717, 1.165) is 6.29 Å². The number of carboxylic acids is 1. The Morgan fingerprint density at radius 2 is 1.38 bits per heavy atom. The van der Waals surface area contributed by atoms with Crippen LogP contribution in [0.5, 0.6) is 0 Å². The largest absolute Gasteiger partial charge is 1.00 e. The maximum absolute atomic E-state index is 10.8. The van der Waals surface area contributed by atoms with E-state index in [0.29, 0.717) is 0 Å². The van der Waals surface area contributed by atoms with E-state index in [-0.39, 0.29) is 124 Å². The summed E-state index contributed by atoms with van der Waals surface area (Å²) in [6.07, 6.45) is -3.96. The Hall–Kier alpha value is 3.36. The van der Waals surface area contributed by atoms with Gasteiger partial charge in [0, 0.05) is 6.10 Å². The fourth-order valence-corrected chi connectivity index (χ4v) is 2.99. The van der Waals surface area contributed by atoms with Gasteiger partial charge in [-0.1, -0.05) is 0 Å². The molecule has 0 aromatic carbocycles. The van der Waals surface area contributed by atoms with Crippen LogP contribution in [0.4, 0.5) is 0 Å². The summed E-state index contributed by atoms with van der Waals surface area (Å²) in [7, 11) is -10.9. The molecular formula is C4H3Na4O11P2-. The summed E-state index contributed by atoms with van der Waals surface area (Å²) in [4.78, 5) is 42.1. The number of aliphatic carboxylic acids is 1. The summed E-state index contributed by atoms with van der Waals surface area (Å²) in [6.45, 7) is 0. The van der Waals surface area contributed by atoms with Gasteiger partial charge in [-0.15, -0.1) is 0 Å². The van der Waals surface area contributed by atoms with Gasteiger partial charge in [0.1, 0.15) is 6.10 Å². The molecule has 2 unspecified atom stereocenters. The van der Waals surface area contributed by atoms with E-state index in [1.165, 1.54) is 0 Å². The number of carbonyl (C=O) groups is 1. The topological polar surface area (TPSA) is 195 Å². The molecule has 1 heterocycles. The van der Waals surface area contributed by atoms with Crippen molar-refractivity contribution < 1.29 is 171 Å². The number of hydrogen-bond acceptors (Lipinski definition) is 11. The maximum atomic E-state index is 10.8. The first-order valence-electron chi connectivity index (χ1n) is 3.46. The summed E-state index contributed by atoms with van der Waals surface area (Å²) in [5, 5.41) is 10.4. The predicted octanol–water partition coefficient (Wildman–Crippen LogP) is -15.6. The van der Waals surface area contributed by atoms with Gasteiger partial charge in [-0.2, -0.15) is 0 Å². The fourth-order valence-electron chi connectivity index (χ4n) is 0.800. The van der Waals surface area contributed by atoms with Crippen molar-refractivity contribution in [1.82, 2.24) is 0 Å². The number of phosphoric ester groups is 2. The normalized spacial score (nSPS) is 34.0. The fraction of sp³-hybridized carbons (Fsp3) is 0.500. The molecule has 4 atom stereocenters. The van der Waals surface area contributed by atoms with E-state index in [1.54, 1.807) is 0 Å². The zero-order chi connectivity index (χ0) is 12.6.